The van der Waals surface area contributed by atoms with E-state index in [1.807, 2.05) is 0 Å². The van der Waals surface area contributed by atoms with Crippen molar-refractivity contribution in [3.8, 4) is 0 Å². The lowest BCUT2D eigenvalue weighted by Gasteiger charge is -2.07. The molecule has 0 aliphatic rings. The number of hydrogen-bond acceptors (Lipinski definition) is 5. The number of carboxylic acids is 1. The number of primary amides is 1. The molecule has 0 bridgehead atoms. The van der Waals surface area contributed by atoms with Crippen molar-refractivity contribution in [2.45, 2.75) is 6.04 Å². The van der Waals surface area contributed by atoms with Gasteiger partial charge in [-0.2, -0.15) is 0 Å². The first-order valence-electron chi connectivity index (χ1n) is 3.52. The van der Waals surface area contributed by atoms with Gasteiger partial charge in [-0.15, -0.1) is 0 Å². The highest BCUT2D eigenvalue weighted by Gasteiger charge is 2.10. The van der Waals surface area contributed by atoms with Gasteiger partial charge in [-0.1, -0.05) is 0 Å². The molecule has 0 saturated heterocycles. The fourth-order valence-electron chi connectivity index (χ4n) is 0.483. The smallest absolute Gasteiger partial charge is 0.404 e. The Balaban J connectivity index is 3.26. The first-order chi connectivity index (χ1) is 6.04. The van der Waals surface area contributed by atoms with Gasteiger partial charge in [-0.3, -0.25) is 4.79 Å². The summed E-state index contributed by atoms with van der Waals surface area (Å²) in [5, 5.41) is 8.32. The van der Waals surface area contributed by atoms with Crippen molar-refractivity contribution in [3.63, 3.8) is 0 Å². The molecule has 0 aliphatic heterocycles. The van der Waals surface area contributed by atoms with Gasteiger partial charge in [0.1, 0.15) is 12.6 Å². The summed E-state index contributed by atoms with van der Waals surface area (Å²) in [4.78, 5) is 20.2. The lowest BCUT2D eigenvalue weighted by atomic mass is 10.3. The van der Waals surface area contributed by atoms with E-state index in [1.165, 1.54) is 0 Å². The van der Waals surface area contributed by atoms with Crippen molar-refractivity contribution in [1.29, 1.82) is 0 Å². The van der Waals surface area contributed by atoms with Crippen LogP contribution in [0.15, 0.2) is 0 Å². The number of ether oxygens (including phenoxy) is 2. The number of nitrogens with two attached hydrogens (primary N) is 2. The first kappa shape index (κ1) is 11.7. The van der Waals surface area contributed by atoms with Crippen molar-refractivity contribution in [1.82, 2.24) is 0 Å². The summed E-state index contributed by atoms with van der Waals surface area (Å²) in [7, 11) is 0. The van der Waals surface area contributed by atoms with Crippen LogP contribution >= 0.6 is 0 Å². The van der Waals surface area contributed by atoms with E-state index in [1.54, 1.807) is 0 Å². The predicted octanol–water partition coefficient (Wildman–Crippen LogP) is -1.49. The van der Waals surface area contributed by atoms with Gasteiger partial charge in [-0.05, 0) is 0 Å². The maximum Gasteiger partial charge on any atom is 0.404 e. The zero-order valence-electron chi connectivity index (χ0n) is 6.93. The maximum atomic E-state index is 10.2. The summed E-state index contributed by atoms with van der Waals surface area (Å²) in [6, 6.07) is -1.06. The number of carboxylic acid groups (broad SMARTS) is 1. The number of aliphatic carboxylic acids is 1. The molecule has 0 rings (SSSR count). The Labute approximate surface area is 74.6 Å². The van der Waals surface area contributed by atoms with E-state index < -0.39 is 18.1 Å². The van der Waals surface area contributed by atoms with Crippen molar-refractivity contribution >= 4 is 12.1 Å². The minimum absolute atomic E-state index is 0.0122. The molecule has 0 aromatic rings. The monoisotopic (exact) mass is 192 g/mol. The van der Waals surface area contributed by atoms with Gasteiger partial charge in [0.2, 0.25) is 0 Å². The Kier molecular flexibility index (Phi) is 5.57. The fraction of sp³-hybridized carbons (Fsp3) is 0.667. The highest BCUT2D eigenvalue weighted by Crippen LogP contribution is 1.83. The molecule has 7 heteroatoms. The Morgan fingerprint density at radius 3 is 2.46 bits per heavy atom. The number of carbonyl (C=O) groups is 2. The standard InChI is InChI=1S/C6H12N2O5/c7-4(5(9)10)3-12-1-2-13-6(8)11/h4H,1-3,7H2,(H2,8,11)(H,9,10)/t4-/m0/s1. The highest BCUT2D eigenvalue weighted by atomic mass is 16.6. The molecule has 1 atom stereocenters. The quantitative estimate of drug-likeness (QED) is 0.440. The normalized spacial score (nSPS) is 12.1. The van der Waals surface area contributed by atoms with Crippen molar-refractivity contribution < 1.29 is 24.2 Å². The van der Waals surface area contributed by atoms with Crippen LogP contribution in [0.2, 0.25) is 0 Å². The fourth-order valence-corrected chi connectivity index (χ4v) is 0.483. The average Bonchev–Trinajstić information content (AvgIpc) is 2.02. The van der Waals surface area contributed by atoms with Gasteiger partial charge in [0, 0.05) is 0 Å². The predicted molar refractivity (Wildman–Crippen MR) is 42.0 cm³/mol. The van der Waals surface area contributed by atoms with Gasteiger partial charge in [0.25, 0.3) is 0 Å². The molecule has 0 aromatic heterocycles. The summed E-state index contributed by atoms with van der Waals surface area (Å²) in [5.41, 5.74) is 9.75. The number of amides is 1. The van der Waals surface area contributed by atoms with E-state index in [-0.39, 0.29) is 19.8 Å². The van der Waals surface area contributed by atoms with E-state index in [4.69, 9.17) is 15.6 Å². The molecular formula is C6H12N2O5. The van der Waals surface area contributed by atoms with Crippen molar-refractivity contribution in [2.75, 3.05) is 19.8 Å². The summed E-state index contributed by atoms with van der Waals surface area (Å²) >= 11 is 0. The third-order valence-corrected chi connectivity index (χ3v) is 1.09. The van der Waals surface area contributed by atoms with Gasteiger partial charge < -0.3 is 26.0 Å². The maximum absolute atomic E-state index is 10.2. The van der Waals surface area contributed by atoms with E-state index in [2.05, 4.69) is 10.5 Å². The van der Waals surface area contributed by atoms with Gasteiger partial charge in [0.05, 0.1) is 13.2 Å². The van der Waals surface area contributed by atoms with Crippen LogP contribution in [-0.4, -0.2) is 43.0 Å². The lowest BCUT2D eigenvalue weighted by Crippen LogP contribution is -2.35. The molecule has 0 aliphatic carbocycles. The Morgan fingerprint density at radius 1 is 1.38 bits per heavy atom. The van der Waals surface area contributed by atoms with E-state index in [0.29, 0.717) is 0 Å². The van der Waals surface area contributed by atoms with Crippen LogP contribution in [0.5, 0.6) is 0 Å². The highest BCUT2D eigenvalue weighted by molar-refractivity contribution is 5.73. The zero-order valence-corrected chi connectivity index (χ0v) is 6.93. The minimum Gasteiger partial charge on any atom is -0.480 e. The van der Waals surface area contributed by atoms with Gasteiger partial charge >= 0.3 is 12.1 Å². The molecule has 0 fully saturated rings. The van der Waals surface area contributed by atoms with Crippen LogP contribution < -0.4 is 11.5 Å². The molecule has 1 amide bonds. The summed E-state index contributed by atoms with van der Waals surface area (Å²) in [5.74, 6) is -1.14. The second kappa shape index (κ2) is 6.21. The number of rotatable bonds is 6. The van der Waals surface area contributed by atoms with Crippen molar-refractivity contribution in [2.24, 2.45) is 11.5 Å². The molecule has 0 saturated carbocycles. The molecule has 13 heavy (non-hydrogen) atoms. The molecular weight excluding hydrogens is 180 g/mol. The summed E-state index contributed by atoms with van der Waals surface area (Å²) in [6.45, 7) is -0.0664. The Morgan fingerprint density at radius 2 is 2.00 bits per heavy atom. The third kappa shape index (κ3) is 7.04. The number of hydrogen-bond donors (Lipinski definition) is 3. The van der Waals surface area contributed by atoms with Crippen molar-refractivity contribution in [3.05, 3.63) is 0 Å². The largest absolute Gasteiger partial charge is 0.480 e. The van der Waals surface area contributed by atoms with Crippen LogP contribution in [0, 0.1) is 0 Å². The SMILES string of the molecule is NC(=O)OCCOC[C@H](N)C(=O)O. The topological polar surface area (TPSA) is 125 Å². The van der Waals surface area contributed by atoms with Crippen LogP contribution in [-0.2, 0) is 14.3 Å². The molecule has 7 nitrogen and oxygen atoms in total. The minimum atomic E-state index is -1.14. The van der Waals surface area contributed by atoms with Crippen LogP contribution in [0.3, 0.4) is 0 Å². The summed E-state index contributed by atoms with van der Waals surface area (Å²) in [6.07, 6.45) is -0.897. The van der Waals surface area contributed by atoms with E-state index >= 15 is 0 Å². The van der Waals surface area contributed by atoms with Crippen LogP contribution in [0.4, 0.5) is 4.79 Å². The molecule has 5 N–H and O–H groups in total. The third-order valence-electron chi connectivity index (χ3n) is 1.09. The van der Waals surface area contributed by atoms with Gasteiger partial charge in [-0.25, -0.2) is 4.79 Å². The first-order valence-corrected chi connectivity index (χ1v) is 3.52. The molecule has 76 valence electrons. The lowest BCUT2D eigenvalue weighted by molar-refractivity contribution is -0.140. The second-order valence-electron chi connectivity index (χ2n) is 2.19. The van der Waals surface area contributed by atoms with Crippen LogP contribution in [0.1, 0.15) is 0 Å². The number of carbonyl (C=O) groups excluding carboxylic acids is 1. The molecule has 0 aromatic carbocycles. The van der Waals surface area contributed by atoms with Crippen LogP contribution in [0.25, 0.3) is 0 Å². The van der Waals surface area contributed by atoms with E-state index in [9.17, 15) is 9.59 Å². The molecule has 0 radical (unpaired) electrons. The average molecular weight is 192 g/mol. The van der Waals surface area contributed by atoms with Gasteiger partial charge in [0.15, 0.2) is 0 Å². The molecule has 0 unspecified atom stereocenters. The molecule has 0 spiro atoms. The van der Waals surface area contributed by atoms with E-state index in [0.717, 1.165) is 0 Å². The zero-order chi connectivity index (χ0) is 10.3. The summed E-state index contributed by atoms with van der Waals surface area (Å²) < 4.78 is 9.08. The second-order valence-corrected chi connectivity index (χ2v) is 2.19. The Hall–Kier alpha value is -1.34. The Bertz CT molecular complexity index is 184. The molecule has 0 heterocycles.